The van der Waals surface area contributed by atoms with E-state index in [1.54, 1.807) is 6.07 Å². The van der Waals surface area contributed by atoms with Gasteiger partial charge in [-0.15, -0.1) is 0 Å². The average molecular weight is 282 g/mol. The van der Waals surface area contributed by atoms with E-state index in [2.05, 4.69) is 12.2 Å². The number of hydrogen-bond acceptors (Lipinski definition) is 5. The van der Waals surface area contributed by atoms with Crippen LogP contribution >= 0.6 is 0 Å². The summed E-state index contributed by atoms with van der Waals surface area (Å²) in [5.41, 5.74) is 0.740. The molecule has 1 aromatic rings. The molecule has 6 nitrogen and oxygen atoms in total. The van der Waals surface area contributed by atoms with Gasteiger partial charge in [-0.05, 0) is 38.4 Å². The summed E-state index contributed by atoms with van der Waals surface area (Å²) in [4.78, 5) is 10.8. The maximum absolute atomic E-state index is 11.2. The summed E-state index contributed by atoms with van der Waals surface area (Å²) >= 11 is 0. The Labute approximate surface area is 119 Å². The number of methoxy groups -OCH3 is 1. The molecule has 0 atom stereocenters. The van der Waals surface area contributed by atoms with Crippen LogP contribution in [-0.4, -0.2) is 24.7 Å². The first-order valence-electron chi connectivity index (χ1n) is 6.72. The SMILES string of the molecule is CCCNCc1cc(OC)c(OC(C)C)c([N+](=O)[O-])c1. The number of rotatable bonds is 8. The van der Waals surface area contributed by atoms with Crippen LogP contribution in [0.5, 0.6) is 11.5 Å². The zero-order valence-electron chi connectivity index (χ0n) is 12.4. The summed E-state index contributed by atoms with van der Waals surface area (Å²) < 4.78 is 10.7. The normalized spacial score (nSPS) is 10.7. The predicted octanol–water partition coefficient (Wildman–Crippen LogP) is 2.89. The summed E-state index contributed by atoms with van der Waals surface area (Å²) in [6, 6.07) is 3.30. The standard InChI is InChI=1S/C14H22N2O4/c1-5-6-15-9-11-7-12(16(17)18)14(20-10(2)3)13(8-11)19-4/h7-8,10,15H,5-6,9H2,1-4H3. The molecule has 20 heavy (non-hydrogen) atoms. The number of ether oxygens (including phenoxy) is 2. The fourth-order valence-corrected chi connectivity index (χ4v) is 1.80. The van der Waals surface area contributed by atoms with Crippen molar-refractivity contribution in [1.29, 1.82) is 0 Å². The van der Waals surface area contributed by atoms with Gasteiger partial charge in [-0.2, -0.15) is 0 Å². The van der Waals surface area contributed by atoms with Gasteiger partial charge in [0.25, 0.3) is 0 Å². The van der Waals surface area contributed by atoms with Crippen molar-refractivity contribution in [2.75, 3.05) is 13.7 Å². The van der Waals surface area contributed by atoms with Crippen LogP contribution in [0.1, 0.15) is 32.8 Å². The lowest BCUT2D eigenvalue weighted by Crippen LogP contribution is -2.14. The second kappa shape index (κ2) is 7.69. The van der Waals surface area contributed by atoms with Crippen molar-refractivity contribution in [3.8, 4) is 11.5 Å². The molecule has 0 aliphatic carbocycles. The summed E-state index contributed by atoms with van der Waals surface area (Å²) in [6.07, 6.45) is 0.847. The first-order chi connectivity index (χ1) is 9.49. The Morgan fingerprint density at radius 2 is 2.10 bits per heavy atom. The van der Waals surface area contributed by atoms with E-state index in [-0.39, 0.29) is 17.5 Å². The Morgan fingerprint density at radius 3 is 2.60 bits per heavy atom. The fraction of sp³-hybridized carbons (Fsp3) is 0.571. The molecule has 0 aromatic heterocycles. The molecule has 1 rings (SSSR count). The largest absolute Gasteiger partial charge is 0.493 e. The van der Waals surface area contributed by atoms with Gasteiger partial charge in [-0.1, -0.05) is 6.92 Å². The van der Waals surface area contributed by atoms with Gasteiger partial charge in [0, 0.05) is 12.6 Å². The van der Waals surface area contributed by atoms with Gasteiger partial charge in [-0.25, -0.2) is 0 Å². The predicted molar refractivity (Wildman–Crippen MR) is 77.4 cm³/mol. The zero-order chi connectivity index (χ0) is 15.1. The minimum absolute atomic E-state index is 0.0636. The third-order valence-electron chi connectivity index (χ3n) is 2.62. The summed E-state index contributed by atoms with van der Waals surface area (Å²) in [5.74, 6) is 0.577. The molecule has 0 saturated carbocycles. The third-order valence-corrected chi connectivity index (χ3v) is 2.62. The number of nitrogens with zero attached hydrogens (tertiary/aromatic N) is 1. The van der Waals surface area contributed by atoms with Gasteiger partial charge in [-0.3, -0.25) is 10.1 Å². The van der Waals surface area contributed by atoms with Gasteiger partial charge < -0.3 is 14.8 Å². The van der Waals surface area contributed by atoms with Crippen molar-refractivity contribution in [3.63, 3.8) is 0 Å². The molecule has 0 unspecified atom stereocenters. The van der Waals surface area contributed by atoms with Crippen molar-refractivity contribution < 1.29 is 14.4 Å². The Balaban J connectivity index is 3.13. The van der Waals surface area contributed by atoms with Crippen molar-refractivity contribution >= 4 is 5.69 Å². The van der Waals surface area contributed by atoms with Crippen LogP contribution < -0.4 is 14.8 Å². The smallest absolute Gasteiger partial charge is 0.315 e. The summed E-state index contributed by atoms with van der Waals surface area (Å²) in [7, 11) is 1.48. The topological polar surface area (TPSA) is 73.6 Å². The molecule has 6 heteroatoms. The van der Waals surface area contributed by atoms with E-state index in [0.29, 0.717) is 12.3 Å². The lowest BCUT2D eigenvalue weighted by molar-refractivity contribution is -0.386. The molecule has 0 spiro atoms. The van der Waals surface area contributed by atoms with E-state index in [9.17, 15) is 10.1 Å². The first kappa shape index (κ1) is 16.2. The zero-order valence-corrected chi connectivity index (χ0v) is 12.4. The fourth-order valence-electron chi connectivity index (χ4n) is 1.80. The van der Waals surface area contributed by atoms with Crippen molar-refractivity contribution in [3.05, 3.63) is 27.8 Å². The van der Waals surface area contributed by atoms with Gasteiger partial charge in [0.1, 0.15) is 0 Å². The van der Waals surface area contributed by atoms with E-state index >= 15 is 0 Å². The maximum atomic E-state index is 11.2. The molecule has 0 saturated heterocycles. The number of benzene rings is 1. The highest BCUT2D eigenvalue weighted by Gasteiger charge is 2.23. The monoisotopic (exact) mass is 282 g/mol. The van der Waals surface area contributed by atoms with Crippen LogP contribution in [-0.2, 0) is 6.54 Å². The lowest BCUT2D eigenvalue weighted by atomic mass is 10.1. The molecule has 0 amide bonds. The highest BCUT2D eigenvalue weighted by Crippen LogP contribution is 2.38. The van der Waals surface area contributed by atoms with Crippen LogP contribution in [0.25, 0.3) is 0 Å². The van der Waals surface area contributed by atoms with Crippen LogP contribution in [0, 0.1) is 10.1 Å². The summed E-state index contributed by atoms with van der Waals surface area (Å²) in [6.45, 7) is 7.13. The second-order valence-electron chi connectivity index (χ2n) is 4.75. The van der Waals surface area contributed by atoms with Crippen LogP contribution in [0.2, 0.25) is 0 Å². The third kappa shape index (κ3) is 4.38. The van der Waals surface area contributed by atoms with E-state index in [1.165, 1.54) is 13.2 Å². The van der Waals surface area contributed by atoms with Crippen LogP contribution in [0.15, 0.2) is 12.1 Å². The molecular formula is C14H22N2O4. The Bertz CT molecular complexity index is 461. The Morgan fingerprint density at radius 1 is 1.40 bits per heavy atom. The molecule has 0 aliphatic rings. The quantitative estimate of drug-likeness (QED) is 0.451. The molecular weight excluding hydrogens is 260 g/mol. The molecule has 112 valence electrons. The second-order valence-corrected chi connectivity index (χ2v) is 4.75. The molecule has 0 bridgehead atoms. The Kier molecular flexibility index (Phi) is 6.24. The number of hydrogen-bond donors (Lipinski definition) is 1. The lowest BCUT2D eigenvalue weighted by Gasteiger charge is -2.15. The van der Waals surface area contributed by atoms with Gasteiger partial charge in [0.05, 0.1) is 18.1 Å². The highest BCUT2D eigenvalue weighted by atomic mass is 16.6. The van der Waals surface area contributed by atoms with Crippen molar-refractivity contribution in [2.24, 2.45) is 0 Å². The van der Waals surface area contributed by atoms with Gasteiger partial charge in [0.15, 0.2) is 5.75 Å². The molecule has 0 heterocycles. The van der Waals surface area contributed by atoms with Crippen LogP contribution in [0.3, 0.4) is 0 Å². The van der Waals surface area contributed by atoms with E-state index in [0.717, 1.165) is 18.5 Å². The molecule has 1 aromatic carbocycles. The van der Waals surface area contributed by atoms with Crippen molar-refractivity contribution in [1.82, 2.24) is 5.32 Å². The molecule has 1 N–H and O–H groups in total. The summed E-state index contributed by atoms with van der Waals surface area (Å²) in [5, 5.41) is 14.4. The maximum Gasteiger partial charge on any atom is 0.315 e. The number of nitro groups is 1. The Hall–Kier alpha value is -1.82. The average Bonchev–Trinajstić information content (AvgIpc) is 2.39. The number of nitrogens with one attached hydrogen (secondary N) is 1. The molecule has 0 aliphatic heterocycles. The van der Waals surface area contributed by atoms with E-state index in [1.807, 2.05) is 13.8 Å². The molecule has 0 radical (unpaired) electrons. The highest BCUT2D eigenvalue weighted by molar-refractivity contribution is 5.58. The van der Waals surface area contributed by atoms with Crippen molar-refractivity contribution in [2.45, 2.75) is 39.8 Å². The minimum Gasteiger partial charge on any atom is -0.493 e. The minimum atomic E-state index is -0.441. The van der Waals surface area contributed by atoms with Gasteiger partial charge >= 0.3 is 5.69 Å². The van der Waals surface area contributed by atoms with Crippen LogP contribution in [0.4, 0.5) is 5.69 Å². The van der Waals surface area contributed by atoms with E-state index in [4.69, 9.17) is 9.47 Å². The number of nitro benzene ring substituents is 1. The van der Waals surface area contributed by atoms with Gasteiger partial charge in [0.2, 0.25) is 5.75 Å². The first-order valence-corrected chi connectivity index (χ1v) is 6.72. The molecule has 0 fully saturated rings. The van der Waals surface area contributed by atoms with E-state index < -0.39 is 4.92 Å².